The molecule has 0 aliphatic rings. The number of esters is 1. The molecule has 1 aromatic heterocycles. The maximum atomic E-state index is 11.0. The van der Waals surface area contributed by atoms with Crippen LogP contribution in [0.1, 0.15) is 18.1 Å². The number of benzene rings is 3. The zero-order valence-electron chi connectivity index (χ0n) is 16.8. The van der Waals surface area contributed by atoms with Gasteiger partial charge in [-0.25, -0.2) is 4.98 Å². The predicted octanol–water partition coefficient (Wildman–Crippen LogP) is 6.48. The summed E-state index contributed by atoms with van der Waals surface area (Å²) in [5, 5.41) is 14.8. The van der Waals surface area contributed by atoms with Crippen LogP contribution in [0.3, 0.4) is 0 Å². The molecule has 0 atom stereocenters. The highest BCUT2D eigenvalue weighted by Gasteiger charge is 2.10. The number of carbonyl (C=O) groups excluding carboxylic acids is 1. The summed E-state index contributed by atoms with van der Waals surface area (Å²) >= 11 is 12.0. The molecular weight excluding hydrogens is 449 g/mol. The van der Waals surface area contributed by atoms with E-state index in [0.717, 1.165) is 11.1 Å². The molecule has 8 heteroatoms. The van der Waals surface area contributed by atoms with Gasteiger partial charge in [-0.1, -0.05) is 59.6 Å². The Morgan fingerprint density at radius 2 is 1.78 bits per heavy atom. The Hall–Kier alpha value is -3.61. The Labute approximate surface area is 194 Å². The van der Waals surface area contributed by atoms with Crippen LogP contribution in [0.2, 0.25) is 10.0 Å². The van der Waals surface area contributed by atoms with Gasteiger partial charge in [-0.2, -0.15) is 4.98 Å². The minimum atomic E-state index is -0.367. The van der Waals surface area contributed by atoms with E-state index in [1.807, 2.05) is 36.4 Å². The van der Waals surface area contributed by atoms with Gasteiger partial charge in [0.05, 0.1) is 20.9 Å². The Bertz CT molecular complexity index is 1340. The second-order valence-corrected chi connectivity index (χ2v) is 7.68. The number of aromatic nitrogens is 2. The first-order valence-corrected chi connectivity index (χ1v) is 10.3. The fraction of sp³-hybridized carbons (Fsp3) is 0.0417. The molecule has 0 aliphatic heterocycles. The van der Waals surface area contributed by atoms with Crippen molar-refractivity contribution < 1.29 is 14.6 Å². The molecule has 0 saturated heterocycles. The number of carbonyl (C=O) groups is 1. The summed E-state index contributed by atoms with van der Waals surface area (Å²) in [4.78, 5) is 19.8. The minimum Gasteiger partial charge on any atom is -0.493 e. The summed E-state index contributed by atoms with van der Waals surface area (Å²) in [6, 6.07) is 17.6. The maximum Gasteiger partial charge on any atom is 0.308 e. The Morgan fingerprint density at radius 3 is 2.50 bits per heavy atom. The van der Waals surface area contributed by atoms with E-state index >= 15 is 0 Å². The molecule has 0 saturated carbocycles. The van der Waals surface area contributed by atoms with Crippen LogP contribution in [0.4, 0.5) is 11.6 Å². The molecule has 32 heavy (non-hydrogen) atoms. The Morgan fingerprint density at radius 1 is 1.00 bits per heavy atom. The van der Waals surface area contributed by atoms with Gasteiger partial charge in [0.2, 0.25) is 11.8 Å². The van der Waals surface area contributed by atoms with Crippen molar-refractivity contribution in [1.82, 2.24) is 9.97 Å². The van der Waals surface area contributed by atoms with Gasteiger partial charge in [-0.15, -0.1) is 0 Å². The van der Waals surface area contributed by atoms with E-state index in [1.165, 1.54) is 6.92 Å². The van der Waals surface area contributed by atoms with E-state index < -0.39 is 0 Å². The van der Waals surface area contributed by atoms with Gasteiger partial charge >= 0.3 is 5.97 Å². The van der Waals surface area contributed by atoms with Gasteiger partial charge in [0, 0.05) is 18.2 Å². The number of hydrogen-bond acceptors (Lipinski definition) is 6. The molecule has 0 aliphatic carbocycles. The average molecular weight is 466 g/mol. The lowest BCUT2D eigenvalue weighted by Crippen LogP contribution is -2.00. The second kappa shape index (κ2) is 9.26. The highest BCUT2D eigenvalue weighted by Crippen LogP contribution is 2.30. The number of rotatable bonds is 5. The summed E-state index contributed by atoms with van der Waals surface area (Å²) in [7, 11) is 0. The lowest BCUT2D eigenvalue weighted by atomic mass is 10.1. The molecule has 0 fully saturated rings. The number of para-hydroxylation sites is 1. The monoisotopic (exact) mass is 465 g/mol. The maximum absolute atomic E-state index is 11.0. The third kappa shape index (κ3) is 4.99. The van der Waals surface area contributed by atoms with E-state index in [2.05, 4.69) is 15.3 Å². The topological polar surface area (TPSA) is 84.3 Å². The zero-order chi connectivity index (χ0) is 22.7. The van der Waals surface area contributed by atoms with Gasteiger partial charge < -0.3 is 15.2 Å². The first kappa shape index (κ1) is 21.6. The highest BCUT2D eigenvalue weighted by atomic mass is 35.5. The SMILES string of the molecule is CC(=O)Oc1ccc(C=Cc2cccc3c(O)nc(Nc4ccc(Cl)c(Cl)c4)nc23)cc1. The summed E-state index contributed by atoms with van der Waals surface area (Å²) in [5.41, 5.74) is 2.92. The molecule has 160 valence electrons. The van der Waals surface area contributed by atoms with Crippen LogP contribution in [0.25, 0.3) is 23.1 Å². The smallest absolute Gasteiger partial charge is 0.308 e. The number of anilines is 2. The Kier molecular flexibility index (Phi) is 6.25. The van der Waals surface area contributed by atoms with Gasteiger partial charge in [0.1, 0.15) is 5.75 Å². The summed E-state index contributed by atoms with van der Waals surface area (Å²) in [5.74, 6) is 0.197. The molecule has 3 aromatic carbocycles. The van der Waals surface area contributed by atoms with Crippen molar-refractivity contribution in [3.05, 3.63) is 81.8 Å². The molecule has 0 amide bonds. The highest BCUT2D eigenvalue weighted by molar-refractivity contribution is 6.42. The van der Waals surface area contributed by atoms with Crippen molar-refractivity contribution >= 4 is 63.9 Å². The van der Waals surface area contributed by atoms with Crippen LogP contribution in [0.5, 0.6) is 11.6 Å². The molecule has 6 nitrogen and oxygen atoms in total. The molecular formula is C24H17Cl2N3O3. The lowest BCUT2D eigenvalue weighted by Gasteiger charge is -2.09. The fourth-order valence-corrected chi connectivity index (χ4v) is 3.35. The molecule has 0 radical (unpaired) electrons. The first-order chi connectivity index (χ1) is 15.4. The summed E-state index contributed by atoms with van der Waals surface area (Å²) in [6.45, 7) is 1.36. The summed E-state index contributed by atoms with van der Waals surface area (Å²) in [6.07, 6.45) is 3.79. The molecule has 4 aromatic rings. The average Bonchev–Trinajstić information content (AvgIpc) is 2.76. The van der Waals surface area contributed by atoms with Crippen LogP contribution < -0.4 is 10.1 Å². The number of halogens is 2. The number of nitrogens with one attached hydrogen (secondary N) is 1. The van der Waals surface area contributed by atoms with Crippen molar-refractivity contribution in [3.8, 4) is 11.6 Å². The number of hydrogen-bond donors (Lipinski definition) is 2. The third-order valence-corrected chi connectivity index (χ3v) is 5.25. The van der Waals surface area contributed by atoms with E-state index in [-0.39, 0.29) is 17.8 Å². The molecule has 0 spiro atoms. The van der Waals surface area contributed by atoms with E-state index in [4.69, 9.17) is 27.9 Å². The largest absolute Gasteiger partial charge is 0.493 e. The fourth-order valence-electron chi connectivity index (χ4n) is 3.05. The van der Waals surface area contributed by atoms with Crippen LogP contribution >= 0.6 is 23.2 Å². The lowest BCUT2D eigenvalue weighted by molar-refractivity contribution is -0.131. The number of aromatic hydroxyl groups is 1. The van der Waals surface area contributed by atoms with Crippen molar-refractivity contribution in [2.75, 3.05) is 5.32 Å². The molecule has 0 unspecified atom stereocenters. The van der Waals surface area contributed by atoms with Gasteiger partial charge in [-0.3, -0.25) is 4.79 Å². The van der Waals surface area contributed by atoms with Crippen molar-refractivity contribution in [3.63, 3.8) is 0 Å². The van der Waals surface area contributed by atoms with Gasteiger partial charge in [0.25, 0.3) is 0 Å². The molecule has 4 rings (SSSR count). The second-order valence-electron chi connectivity index (χ2n) is 6.86. The van der Waals surface area contributed by atoms with Crippen LogP contribution in [0.15, 0.2) is 60.7 Å². The Balaban J connectivity index is 1.65. The third-order valence-electron chi connectivity index (χ3n) is 4.51. The molecule has 2 N–H and O–H groups in total. The molecule has 1 heterocycles. The van der Waals surface area contributed by atoms with Crippen LogP contribution in [-0.2, 0) is 4.79 Å². The van der Waals surface area contributed by atoms with E-state index in [0.29, 0.717) is 32.4 Å². The van der Waals surface area contributed by atoms with Gasteiger partial charge in [-0.05, 0) is 42.0 Å². The molecule has 0 bridgehead atoms. The summed E-state index contributed by atoms with van der Waals surface area (Å²) < 4.78 is 5.05. The van der Waals surface area contributed by atoms with Crippen molar-refractivity contribution in [2.45, 2.75) is 6.92 Å². The number of fused-ring (bicyclic) bond motifs is 1. The standard InChI is InChI=1S/C24H17Cl2N3O3/c1-14(30)32-18-10-6-15(7-11-18)5-8-16-3-2-4-19-22(16)28-24(29-23(19)31)27-17-9-12-20(25)21(26)13-17/h2-13H,1H3,(H2,27,28,29,31). The number of nitrogens with zero attached hydrogens (tertiary/aromatic N) is 2. The zero-order valence-corrected chi connectivity index (χ0v) is 18.4. The van der Waals surface area contributed by atoms with Crippen LogP contribution in [-0.4, -0.2) is 21.0 Å². The van der Waals surface area contributed by atoms with Crippen LogP contribution in [0, 0.1) is 0 Å². The minimum absolute atomic E-state index is 0.140. The number of ether oxygens (including phenoxy) is 1. The normalized spacial score (nSPS) is 11.1. The predicted molar refractivity (Wildman–Crippen MR) is 128 cm³/mol. The van der Waals surface area contributed by atoms with E-state index in [1.54, 1.807) is 36.4 Å². The van der Waals surface area contributed by atoms with E-state index in [9.17, 15) is 9.90 Å². The van der Waals surface area contributed by atoms with Crippen molar-refractivity contribution in [2.24, 2.45) is 0 Å². The first-order valence-electron chi connectivity index (χ1n) is 9.57. The van der Waals surface area contributed by atoms with Crippen molar-refractivity contribution in [1.29, 1.82) is 0 Å². The van der Waals surface area contributed by atoms with Gasteiger partial charge in [0.15, 0.2) is 0 Å². The quantitative estimate of drug-likeness (QED) is 0.199.